The maximum absolute atomic E-state index is 13.4. The van der Waals surface area contributed by atoms with E-state index in [2.05, 4.69) is 25.8 Å². The van der Waals surface area contributed by atoms with Gasteiger partial charge in [0.2, 0.25) is 10.0 Å². The number of nitrogens with zero attached hydrogens (tertiary/aromatic N) is 2. The first-order valence-corrected chi connectivity index (χ1v) is 11.9. The van der Waals surface area contributed by atoms with Gasteiger partial charge < -0.3 is 9.84 Å². The summed E-state index contributed by atoms with van der Waals surface area (Å²) in [5.74, 6) is -0.719. The van der Waals surface area contributed by atoms with Crippen molar-refractivity contribution in [2.75, 3.05) is 6.61 Å². The molecule has 1 radical (unpaired) electrons. The molecule has 0 bridgehead atoms. The van der Waals surface area contributed by atoms with E-state index in [4.69, 9.17) is 9.84 Å². The van der Waals surface area contributed by atoms with Crippen molar-refractivity contribution in [3.63, 3.8) is 0 Å². The zero-order valence-corrected chi connectivity index (χ0v) is 22.7. The number of hydrogen-bond donors (Lipinski definition) is 1. The fourth-order valence-electron chi connectivity index (χ4n) is 3.27. The predicted molar refractivity (Wildman–Crippen MR) is 131 cm³/mol. The number of aromatic nitrogens is 1. The molecule has 0 fully saturated rings. The molecule has 9 heteroatoms. The molecule has 175 valence electrons. The fraction of sp³-hybridized carbons (Fsp3) is 0.280. The van der Waals surface area contributed by atoms with Crippen LogP contribution in [0.4, 0.5) is 0 Å². The number of sulfonamides is 1. The van der Waals surface area contributed by atoms with E-state index in [0.29, 0.717) is 11.3 Å². The summed E-state index contributed by atoms with van der Waals surface area (Å²) in [7, 11) is -3.84. The first kappa shape index (κ1) is 28.0. The van der Waals surface area contributed by atoms with Crippen molar-refractivity contribution >= 4 is 45.5 Å². The number of rotatable bonds is 9. The first-order valence-electron chi connectivity index (χ1n) is 10.5. The molecule has 0 amide bonds. The van der Waals surface area contributed by atoms with Crippen LogP contribution in [0.5, 0.6) is 5.75 Å². The molecule has 0 saturated heterocycles. The number of carbonyl (C=O) groups is 1. The van der Waals surface area contributed by atoms with Gasteiger partial charge in [-0.2, -0.15) is 4.31 Å². The van der Waals surface area contributed by atoms with Crippen molar-refractivity contribution in [3.8, 4) is 5.75 Å². The molecule has 3 rings (SSSR count). The molecule has 0 aliphatic heterocycles. The number of pyridine rings is 1. The molecule has 1 N–H and O–H groups in total. The molecule has 0 atom stereocenters. The van der Waals surface area contributed by atoms with Gasteiger partial charge in [-0.25, -0.2) is 13.2 Å². The minimum atomic E-state index is -3.84. The minimum Gasteiger partial charge on any atom is -0.482 e. The van der Waals surface area contributed by atoms with Gasteiger partial charge in [-0.05, 0) is 46.4 Å². The third-order valence-electron chi connectivity index (χ3n) is 5.07. The van der Waals surface area contributed by atoms with Crippen molar-refractivity contribution in [1.82, 2.24) is 9.29 Å². The molecule has 3 aromatic rings. The van der Waals surface area contributed by atoms with E-state index >= 15 is 0 Å². The van der Waals surface area contributed by atoms with Crippen molar-refractivity contribution in [1.29, 1.82) is 0 Å². The molecule has 7 nitrogen and oxygen atoms in total. The summed E-state index contributed by atoms with van der Waals surface area (Å²) in [6.07, 6.45) is 2.86. The van der Waals surface area contributed by atoms with Gasteiger partial charge in [0.05, 0.1) is 0 Å². The first-order chi connectivity index (χ1) is 15.6. The Morgan fingerprint density at radius 3 is 2.26 bits per heavy atom. The van der Waals surface area contributed by atoms with Gasteiger partial charge in [-0.1, -0.05) is 57.2 Å². The smallest absolute Gasteiger partial charge is 0.341 e. The summed E-state index contributed by atoms with van der Waals surface area (Å²) < 4.78 is 33.5. The molecular weight excluding hydrogens is 463 g/mol. The third kappa shape index (κ3) is 7.65. The Morgan fingerprint density at radius 1 is 1.00 bits per heavy atom. The quantitative estimate of drug-likeness (QED) is 0.457. The van der Waals surface area contributed by atoms with Gasteiger partial charge >= 0.3 is 5.97 Å². The standard InChI is InChI=1S/C25H28N2O5S.Na/c1-25(2,3)21-11-9-19(10-12-21)16-27(33(30,31)23-8-5-13-26-15-23)17-20-6-4-7-22(14-20)32-18-24(28)29;/h4-15H,16-18H2,1-3H3,(H,28,29);. The molecule has 2 aromatic carbocycles. The van der Waals surface area contributed by atoms with Gasteiger partial charge in [-0.3, -0.25) is 4.98 Å². The van der Waals surface area contributed by atoms with Crippen LogP contribution in [0, 0.1) is 0 Å². The van der Waals surface area contributed by atoms with Gasteiger partial charge in [0.25, 0.3) is 0 Å². The zero-order valence-electron chi connectivity index (χ0n) is 19.9. The van der Waals surface area contributed by atoms with Crippen LogP contribution >= 0.6 is 0 Å². The summed E-state index contributed by atoms with van der Waals surface area (Å²) in [6, 6.07) is 17.8. The molecule has 0 saturated carbocycles. The van der Waals surface area contributed by atoms with Gasteiger partial charge in [0.15, 0.2) is 6.61 Å². The molecule has 0 spiro atoms. The average Bonchev–Trinajstić information content (AvgIpc) is 2.78. The maximum Gasteiger partial charge on any atom is 0.341 e. The number of hydrogen-bond acceptors (Lipinski definition) is 5. The van der Waals surface area contributed by atoms with E-state index in [1.54, 1.807) is 30.3 Å². The molecule has 1 aromatic heterocycles. The van der Waals surface area contributed by atoms with E-state index in [1.807, 2.05) is 24.3 Å². The Morgan fingerprint density at radius 2 is 1.68 bits per heavy atom. The van der Waals surface area contributed by atoms with Crippen LogP contribution in [0.3, 0.4) is 0 Å². The molecular formula is C25H28N2NaO5S. The van der Waals surface area contributed by atoms with Crippen LogP contribution in [-0.2, 0) is 33.3 Å². The Bertz CT molecular complexity index is 1190. The number of carboxylic acids is 1. The van der Waals surface area contributed by atoms with Crippen molar-refractivity contribution in [2.45, 2.75) is 44.2 Å². The second-order valence-corrected chi connectivity index (χ2v) is 10.7. The van der Waals surface area contributed by atoms with Gasteiger partial charge in [-0.15, -0.1) is 0 Å². The Labute approximate surface area is 223 Å². The van der Waals surface area contributed by atoms with Crippen molar-refractivity contribution < 1.29 is 23.1 Å². The molecule has 1 heterocycles. The number of ether oxygens (including phenoxy) is 1. The van der Waals surface area contributed by atoms with Crippen LogP contribution in [0.25, 0.3) is 0 Å². The third-order valence-corrected chi connectivity index (χ3v) is 6.85. The van der Waals surface area contributed by atoms with E-state index in [-0.39, 0.29) is 53.0 Å². The van der Waals surface area contributed by atoms with Crippen LogP contribution in [0.1, 0.15) is 37.5 Å². The summed E-state index contributed by atoms with van der Waals surface area (Å²) in [5, 5.41) is 8.84. The SMILES string of the molecule is CC(C)(C)c1ccc(CN(Cc2cccc(OCC(=O)O)c2)S(=O)(=O)c2cccnc2)cc1.[Na]. The van der Waals surface area contributed by atoms with Gasteiger partial charge in [0.1, 0.15) is 10.6 Å². The normalized spacial score (nSPS) is 11.6. The van der Waals surface area contributed by atoms with Crippen LogP contribution in [-0.4, -0.2) is 64.9 Å². The number of aliphatic carboxylic acids is 1. The Kier molecular flexibility index (Phi) is 9.84. The van der Waals surface area contributed by atoms with Crippen molar-refractivity contribution in [2.24, 2.45) is 0 Å². The monoisotopic (exact) mass is 491 g/mol. The van der Waals surface area contributed by atoms with Crippen LogP contribution in [0.2, 0.25) is 0 Å². The number of carboxylic acid groups (broad SMARTS) is 1. The number of benzene rings is 2. The van der Waals surface area contributed by atoms with E-state index < -0.39 is 22.6 Å². The molecule has 0 aliphatic rings. The summed E-state index contributed by atoms with van der Waals surface area (Å²) in [6.45, 7) is 6.16. The van der Waals surface area contributed by atoms with Crippen molar-refractivity contribution in [3.05, 3.63) is 89.7 Å². The molecule has 0 unspecified atom stereocenters. The molecule has 34 heavy (non-hydrogen) atoms. The maximum atomic E-state index is 13.4. The van der Waals surface area contributed by atoms with E-state index in [0.717, 1.165) is 11.1 Å². The second-order valence-electron chi connectivity index (χ2n) is 8.74. The summed E-state index contributed by atoms with van der Waals surface area (Å²) in [5.41, 5.74) is 2.69. The second kappa shape index (κ2) is 12.0. The topological polar surface area (TPSA) is 96.8 Å². The Balaban J connectivity index is 0.00000408. The summed E-state index contributed by atoms with van der Waals surface area (Å²) in [4.78, 5) is 14.9. The van der Waals surface area contributed by atoms with Crippen LogP contribution < -0.4 is 4.74 Å². The summed E-state index contributed by atoms with van der Waals surface area (Å²) >= 11 is 0. The fourth-order valence-corrected chi connectivity index (χ4v) is 4.65. The van der Waals surface area contributed by atoms with E-state index in [9.17, 15) is 13.2 Å². The zero-order chi connectivity index (χ0) is 24.1. The largest absolute Gasteiger partial charge is 0.482 e. The molecule has 0 aliphatic carbocycles. The predicted octanol–water partition coefficient (Wildman–Crippen LogP) is 3.85. The average molecular weight is 492 g/mol. The van der Waals surface area contributed by atoms with Crippen LogP contribution in [0.15, 0.2) is 78.0 Å². The Hall–Kier alpha value is -2.23. The minimum absolute atomic E-state index is 0. The van der Waals surface area contributed by atoms with Gasteiger partial charge in [0, 0.05) is 55.0 Å². The van der Waals surface area contributed by atoms with E-state index in [1.165, 1.54) is 22.8 Å².